The van der Waals surface area contributed by atoms with Crippen molar-refractivity contribution in [2.75, 3.05) is 5.73 Å². The lowest BCUT2D eigenvalue weighted by Crippen LogP contribution is -2.11. The van der Waals surface area contributed by atoms with Crippen LogP contribution in [0.25, 0.3) is 10.8 Å². The van der Waals surface area contributed by atoms with Crippen LogP contribution < -0.4 is 5.73 Å². The molecule has 0 aromatic heterocycles. The van der Waals surface area contributed by atoms with Crippen molar-refractivity contribution in [1.29, 1.82) is 0 Å². The molecule has 2 aromatic rings. The summed E-state index contributed by atoms with van der Waals surface area (Å²) >= 11 is 0. The van der Waals surface area contributed by atoms with Gasteiger partial charge in [0.05, 0.1) is 0 Å². The zero-order chi connectivity index (χ0) is 14.0. The first-order chi connectivity index (χ1) is 8.95. The zero-order valence-corrected chi connectivity index (χ0v) is 10.7. The van der Waals surface area contributed by atoms with E-state index in [1.54, 1.807) is 24.3 Å². The van der Waals surface area contributed by atoms with E-state index in [4.69, 9.17) is 5.73 Å². The van der Waals surface area contributed by atoms with E-state index in [2.05, 4.69) is 10.8 Å². The highest BCUT2D eigenvalue weighted by Crippen LogP contribution is 2.28. The normalized spacial score (nSPS) is 11.2. The minimum absolute atomic E-state index is 0.104. The molecule has 6 heteroatoms. The SMILES string of the molecule is C=CC(=O)OS(=O)(=O)c1ccc(N)c2ccccc12. The molecule has 19 heavy (non-hydrogen) atoms. The predicted molar refractivity (Wildman–Crippen MR) is 71.8 cm³/mol. The average Bonchev–Trinajstić information content (AvgIpc) is 2.38. The van der Waals surface area contributed by atoms with E-state index in [0.717, 1.165) is 6.08 Å². The Balaban J connectivity index is 2.67. The van der Waals surface area contributed by atoms with Crippen LogP contribution in [0.4, 0.5) is 5.69 Å². The van der Waals surface area contributed by atoms with Gasteiger partial charge in [-0.15, -0.1) is 0 Å². The molecular formula is C13H11NO4S. The van der Waals surface area contributed by atoms with Crippen molar-refractivity contribution in [3.8, 4) is 0 Å². The molecule has 0 fully saturated rings. The maximum Gasteiger partial charge on any atom is 0.346 e. The molecule has 0 atom stereocenters. The Morgan fingerprint density at radius 3 is 2.42 bits per heavy atom. The van der Waals surface area contributed by atoms with Crippen molar-refractivity contribution >= 4 is 32.5 Å². The molecule has 0 radical (unpaired) electrons. The van der Waals surface area contributed by atoms with Crippen molar-refractivity contribution in [2.24, 2.45) is 0 Å². The highest BCUT2D eigenvalue weighted by Gasteiger charge is 2.21. The second-order valence-corrected chi connectivity index (χ2v) is 5.27. The third kappa shape index (κ3) is 2.43. The van der Waals surface area contributed by atoms with E-state index in [1.807, 2.05) is 0 Å². The van der Waals surface area contributed by atoms with Crippen LogP contribution in [0.2, 0.25) is 0 Å². The van der Waals surface area contributed by atoms with Crippen LogP contribution in [0, 0.1) is 0 Å². The standard InChI is InChI=1S/C13H11NO4S/c1-2-13(15)18-19(16,17)12-8-7-11(14)9-5-3-4-6-10(9)12/h2-8H,1,14H2. The summed E-state index contributed by atoms with van der Waals surface area (Å²) in [5.74, 6) is -1.03. The summed E-state index contributed by atoms with van der Waals surface area (Å²) in [5.41, 5.74) is 6.23. The fourth-order valence-electron chi connectivity index (χ4n) is 1.70. The third-order valence-corrected chi connectivity index (χ3v) is 3.82. The number of benzene rings is 2. The first-order valence-electron chi connectivity index (χ1n) is 5.34. The summed E-state index contributed by atoms with van der Waals surface area (Å²) in [6.45, 7) is 3.16. The van der Waals surface area contributed by atoms with Crippen molar-refractivity contribution in [3.63, 3.8) is 0 Å². The molecule has 0 aliphatic carbocycles. The molecule has 2 N–H and O–H groups in total. The van der Waals surface area contributed by atoms with Crippen LogP contribution in [-0.4, -0.2) is 14.4 Å². The summed E-state index contributed by atoms with van der Waals surface area (Å²) in [6.07, 6.45) is 0.789. The molecule has 5 nitrogen and oxygen atoms in total. The maximum absolute atomic E-state index is 12.0. The average molecular weight is 277 g/mol. The minimum Gasteiger partial charge on any atom is -0.398 e. The molecule has 0 aliphatic rings. The Morgan fingerprint density at radius 2 is 1.79 bits per heavy atom. The molecule has 98 valence electrons. The summed E-state index contributed by atoms with van der Waals surface area (Å²) in [6, 6.07) is 9.47. The fourth-order valence-corrected chi connectivity index (χ4v) is 2.76. The Bertz CT molecular complexity index is 765. The Kier molecular flexibility index (Phi) is 3.26. The van der Waals surface area contributed by atoms with E-state index >= 15 is 0 Å². The van der Waals surface area contributed by atoms with Crippen LogP contribution in [-0.2, 0) is 19.1 Å². The van der Waals surface area contributed by atoms with Crippen molar-refractivity contribution < 1.29 is 17.4 Å². The molecule has 0 saturated heterocycles. The summed E-state index contributed by atoms with van der Waals surface area (Å²) < 4.78 is 28.4. The van der Waals surface area contributed by atoms with Gasteiger partial charge in [-0.25, -0.2) is 4.79 Å². The maximum atomic E-state index is 12.0. The van der Waals surface area contributed by atoms with Crippen molar-refractivity contribution in [1.82, 2.24) is 0 Å². The highest BCUT2D eigenvalue weighted by molar-refractivity contribution is 7.87. The van der Waals surface area contributed by atoms with Gasteiger partial charge in [-0.3, -0.25) is 0 Å². The highest BCUT2D eigenvalue weighted by atomic mass is 32.2. The lowest BCUT2D eigenvalue weighted by atomic mass is 10.1. The summed E-state index contributed by atoms with van der Waals surface area (Å²) in [5, 5.41) is 0.984. The smallest absolute Gasteiger partial charge is 0.346 e. The number of anilines is 1. The summed E-state index contributed by atoms with van der Waals surface area (Å²) in [7, 11) is -4.19. The second kappa shape index (κ2) is 4.74. The molecule has 2 aromatic carbocycles. The topological polar surface area (TPSA) is 86.5 Å². The predicted octanol–water partition coefficient (Wildman–Crippen LogP) is 1.84. The second-order valence-electron chi connectivity index (χ2n) is 3.76. The molecular weight excluding hydrogens is 266 g/mol. The lowest BCUT2D eigenvalue weighted by molar-refractivity contribution is -0.128. The van der Waals surface area contributed by atoms with E-state index < -0.39 is 16.1 Å². The monoisotopic (exact) mass is 277 g/mol. The number of hydrogen-bond donors (Lipinski definition) is 1. The third-order valence-electron chi connectivity index (χ3n) is 2.55. The van der Waals surface area contributed by atoms with Gasteiger partial charge in [0.15, 0.2) is 0 Å². The zero-order valence-electron chi connectivity index (χ0n) is 9.87. The molecule has 0 amide bonds. The van der Waals surface area contributed by atoms with E-state index in [1.165, 1.54) is 12.1 Å². The van der Waals surface area contributed by atoms with E-state index in [9.17, 15) is 13.2 Å². The van der Waals surface area contributed by atoms with Gasteiger partial charge >= 0.3 is 16.1 Å². The van der Waals surface area contributed by atoms with Gasteiger partial charge in [0, 0.05) is 22.5 Å². The molecule has 0 aliphatic heterocycles. The number of rotatable bonds is 3. The number of hydrogen-bond acceptors (Lipinski definition) is 5. The summed E-state index contributed by atoms with van der Waals surface area (Å²) in [4.78, 5) is 11.0. The van der Waals surface area contributed by atoms with Gasteiger partial charge in [-0.2, -0.15) is 8.42 Å². The van der Waals surface area contributed by atoms with Crippen LogP contribution in [0.3, 0.4) is 0 Å². The molecule has 0 saturated carbocycles. The Hall–Kier alpha value is -2.34. The number of carbonyl (C=O) groups excluding carboxylic acids is 1. The van der Waals surface area contributed by atoms with Gasteiger partial charge in [0.1, 0.15) is 4.90 Å². The van der Waals surface area contributed by atoms with Crippen LogP contribution >= 0.6 is 0 Å². The van der Waals surface area contributed by atoms with Gasteiger partial charge in [0.2, 0.25) is 0 Å². The first-order valence-corrected chi connectivity index (χ1v) is 6.74. The van der Waals surface area contributed by atoms with Gasteiger partial charge in [-0.05, 0) is 12.1 Å². The lowest BCUT2D eigenvalue weighted by Gasteiger charge is -2.08. The van der Waals surface area contributed by atoms with Crippen molar-refractivity contribution in [3.05, 3.63) is 49.1 Å². The van der Waals surface area contributed by atoms with E-state index in [0.29, 0.717) is 16.5 Å². The molecule has 0 heterocycles. The largest absolute Gasteiger partial charge is 0.398 e. The molecule has 2 rings (SSSR count). The van der Waals surface area contributed by atoms with Crippen LogP contribution in [0.15, 0.2) is 53.9 Å². The number of fused-ring (bicyclic) bond motifs is 1. The quantitative estimate of drug-likeness (QED) is 0.525. The van der Waals surface area contributed by atoms with E-state index in [-0.39, 0.29) is 4.90 Å². The molecule has 0 unspecified atom stereocenters. The number of nitrogen functional groups attached to an aromatic ring is 1. The number of nitrogens with two attached hydrogens (primary N) is 1. The molecule has 0 bridgehead atoms. The fraction of sp³-hybridized carbons (Fsp3) is 0. The molecule has 0 spiro atoms. The number of carbonyl (C=O) groups is 1. The van der Waals surface area contributed by atoms with Gasteiger partial charge in [-0.1, -0.05) is 30.8 Å². The van der Waals surface area contributed by atoms with Gasteiger partial charge < -0.3 is 9.92 Å². The Labute approximate surface area is 110 Å². The minimum atomic E-state index is -4.19. The van der Waals surface area contributed by atoms with Crippen LogP contribution in [0.5, 0.6) is 0 Å². The first kappa shape index (κ1) is 13.1. The van der Waals surface area contributed by atoms with Gasteiger partial charge in [0.25, 0.3) is 0 Å². The Morgan fingerprint density at radius 1 is 1.16 bits per heavy atom. The van der Waals surface area contributed by atoms with Crippen molar-refractivity contribution in [2.45, 2.75) is 4.90 Å². The van der Waals surface area contributed by atoms with Crippen LogP contribution in [0.1, 0.15) is 0 Å².